The van der Waals surface area contributed by atoms with Crippen molar-refractivity contribution in [3.05, 3.63) is 52.0 Å². The Hall–Kier alpha value is -2.24. The van der Waals surface area contributed by atoms with Crippen LogP contribution in [0.1, 0.15) is 30.5 Å². The highest BCUT2D eigenvalue weighted by Gasteiger charge is 2.24. The summed E-state index contributed by atoms with van der Waals surface area (Å²) >= 11 is 6.05. The van der Waals surface area contributed by atoms with Crippen molar-refractivity contribution in [3.63, 3.8) is 0 Å². The van der Waals surface area contributed by atoms with Gasteiger partial charge in [0, 0.05) is 22.7 Å². The molecule has 0 spiro atoms. The third-order valence-electron chi connectivity index (χ3n) is 4.94. The Kier molecular flexibility index (Phi) is 6.81. The van der Waals surface area contributed by atoms with E-state index in [1.165, 1.54) is 16.0 Å². The van der Waals surface area contributed by atoms with Gasteiger partial charge in [0.05, 0.1) is 19.8 Å². The fourth-order valence-electron chi connectivity index (χ4n) is 3.55. The Morgan fingerprint density at radius 3 is 2.46 bits per heavy atom. The molecule has 1 aliphatic heterocycles. The van der Waals surface area contributed by atoms with Gasteiger partial charge in [0.25, 0.3) is 5.91 Å². The maximum atomic E-state index is 12.5. The van der Waals surface area contributed by atoms with Gasteiger partial charge >= 0.3 is 0 Å². The van der Waals surface area contributed by atoms with Crippen molar-refractivity contribution in [1.82, 2.24) is 0 Å². The highest BCUT2D eigenvalue weighted by Crippen LogP contribution is 2.32. The first-order valence-electron chi connectivity index (χ1n) is 9.81. The fraction of sp³-hybridized carbons (Fsp3) is 0.409. The zero-order valence-corrected chi connectivity index (χ0v) is 17.5. The summed E-state index contributed by atoms with van der Waals surface area (Å²) in [5.41, 5.74) is 4.28. The Bertz CT molecular complexity index is 854. The van der Waals surface area contributed by atoms with Gasteiger partial charge in [-0.25, -0.2) is 0 Å². The van der Waals surface area contributed by atoms with Crippen molar-refractivity contribution in [2.75, 3.05) is 31.6 Å². The van der Waals surface area contributed by atoms with Crippen LogP contribution in [0.4, 0.5) is 5.69 Å². The number of hydrogen-bond donors (Lipinski definition) is 2. The van der Waals surface area contributed by atoms with Gasteiger partial charge in [0.2, 0.25) is 0 Å². The van der Waals surface area contributed by atoms with E-state index >= 15 is 0 Å². The van der Waals surface area contributed by atoms with Crippen LogP contribution in [0.2, 0.25) is 5.02 Å². The summed E-state index contributed by atoms with van der Waals surface area (Å²) in [5, 5.41) is 3.61. The second kappa shape index (κ2) is 9.30. The first-order valence-corrected chi connectivity index (χ1v) is 10.2. The average molecular weight is 404 g/mol. The standard InChI is InChI=1S/C22H27ClN2O3/c1-4-27-20-10-16-8-9-25(13-17(16)11-21(20)28-5-2)14-22(26)24-19-12-18(23)7-6-15(19)3/h6-7,10-12H,4-5,8-9,13-14H2,1-3H3,(H,24,26)/p+1. The molecule has 0 aliphatic carbocycles. The molecule has 0 saturated carbocycles. The van der Waals surface area contributed by atoms with Crippen LogP contribution in [0.3, 0.4) is 0 Å². The van der Waals surface area contributed by atoms with Gasteiger partial charge in [0.1, 0.15) is 6.54 Å². The molecule has 1 amide bonds. The smallest absolute Gasteiger partial charge is 0.279 e. The number of fused-ring (bicyclic) bond motifs is 1. The van der Waals surface area contributed by atoms with Gasteiger partial charge in [-0.15, -0.1) is 0 Å². The number of benzene rings is 2. The van der Waals surface area contributed by atoms with Crippen LogP contribution in [0.15, 0.2) is 30.3 Å². The molecule has 0 aromatic heterocycles. The Morgan fingerprint density at radius 1 is 1.11 bits per heavy atom. The maximum absolute atomic E-state index is 12.5. The lowest BCUT2D eigenvalue weighted by Crippen LogP contribution is -3.12. The number of hydrogen-bond acceptors (Lipinski definition) is 3. The normalized spacial score (nSPS) is 15.6. The van der Waals surface area contributed by atoms with Crippen molar-refractivity contribution in [1.29, 1.82) is 0 Å². The summed E-state index contributed by atoms with van der Waals surface area (Å²) in [5.74, 6) is 1.59. The Balaban J connectivity index is 1.68. The van der Waals surface area contributed by atoms with E-state index in [1.807, 2.05) is 32.9 Å². The molecule has 2 aromatic rings. The number of quaternary nitrogens is 1. The largest absolute Gasteiger partial charge is 0.490 e. The van der Waals surface area contributed by atoms with Crippen molar-refractivity contribution in [3.8, 4) is 11.5 Å². The van der Waals surface area contributed by atoms with Crippen molar-refractivity contribution >= 4 is 23.2 Å². The summed E-state index contributed by atoms with van der Waals surface area (Å²) in [6.45, 7) is 9.23. The van der Waals surface area contributed by atoms with E-state index in [0.29, 0.717) is 24.8 Å². The molecule has 1 heterocycles. The quantitative estimate of drug-likeness (QED) is 0.747. The lowest BCUT2D eigenvalue weighted by Gasteiger charge is -2.26. The number of aryl methyl sites for hydroxylation is 1. The van der Waals surface area contributed by atoms with Crippen LogP contribution in [-0.4, -0.2) is 32.2 Å². The van der Waals surface area contributed by atoms with Gasteiger partial charge in [-0.1, -0.05) is 17.7 Å². The SMILES string of the molecule is CCOc1cc2c(cc1OCC)C[NH+](CC(=O)Nc1cc(Cl)ccc1C)CC2. The summed E-state index contributed by atoms with van der Waals surface area (Å²) < 4.78 is 11.5. The van der Waals surface area contributed by atoms with Gasteiger partial charge in [-0.05, 0) is 56.2 Å². The molecule has 150 valence electrons. The highest BCUT2D eigenvalue weighted by atomic mass is 35.5. The van der Waals surface area contributed by atoms with E-state index in [9.17, 15) is 4.79 Å². The fourth-order valence-corrected chi connectivity index (χ4v) is 3.72. The molecule has 0 radical (unpaired) electrons. The zero-order chi connectivity index (χ0) is 20.1. The number of ether oxygens (including phenoxy) is 2. The molecule has 6 heteroatoms. The molecule has 1 atom stereocenters. The van der Waals surface area contributed by atoms with Gasteiger partial charge in [-0.2, -0.15) is 0 Å². The molecule has 1 unspecified atom stereocenters. The summed E-state index contributed by atoms with van der Waals surface area (Å²) in [4.78, 5) is 13.8. The van der Waals surface area contributed by atoms with Gasteiger partial charge in [-0.3, -0.25) is 4.79 Å². The van der Waals surface area contributed by atoms with Crippen molar-refractivity contribution in [2.24, 2.45) is 0 Å². The minimum Gasteiger partial charge on any atom is -0.490 e. The topological polar surface area (TPSA) is 52.0 Å². The van der Waals surface area contributed by atoms with Crippen LogP contribution in [0.25, 0.3) is 0 Å². The number of amides is 1. The number of halogens is 1. The lowest BCUT2D eigenvalue weighted by atomic mass is 9.98. The van der Waals surface area contributed by atoms with Gasteiger partial charge in [0.15, 0.2) is 18.0 Å². The molecule has 5 nitrogen and oxygen atoms in total. The molecule has 0 bridgehead atoms. The minimum atomic E-state index is -0.000199. The van der Waals surface area contributed by atoms with E-state index in [0.717, 1.165) is 42.3 Å². The number of carbonyl (C=O) groups is 1. The Morgan fingerprint density at radius 2 is 1.79 bits per heavy atom. The molecule has 2 N–H and O–H groups in total. The summed E-state index contributed by atoms with van der Waals surface area (Å²) in [6, 6.07) is 9.69. The maximum Gasteiger partial charge on any atom is 0.279 e. The van der Waals surface area contributed by atoms with E-state index in [2.05, 4.69) is 17.4 Å². The van der Waals surface area contributed by atoms with Crippen LogP contribution in [-0.2, 0) is 17.8 Å². The molecule has 3 rings (SSSR count). The number of anilines is 1. The van der Waals surface area contributed by atoms with Crippen LogP contribution >= 0.6 is 11.6 Å². The first-order chi connectivity index (χ1) is 13.5. The molecular weight excluding hydrogens is 376 g/mol. The molecule has 28 heavy (non-hydrogen) atoms. The number of carbonyl (C=O) groups excluding carboxylic acids is 1. The predicted octanol–water partition coefficient (Wildman–Crippen LogP) is 3.03. The van der Waals surface area contributed by atoms with Crippen molar-refractivity contribution < 1.29 is 19.2 Å². The highest BCUT2D eigenvalue weighted by molar-refractivity contribution is 6.31. The molecular formula is C22H28ClN2O3+. The van der Waals surface area contributed by atoms with Crippen molar-refractivity contribution in [2.45, 2.75) is 33.7 Å². The number of rotatable bonds is 7. The second-order valence-electron chi connectivity index (χ2n) is 7.04. The zero-order valence-electron chi connectivity index (χ0n) is 16.7. The third kappa shape index (κ3) is 4.97. The van der Waals surface area contributed by atoms with Crippen LogP contribution in [0, 0.1) is 6.92 Å². The molecule has 1 aliphatic rings. The van der Waals surface area contributed by atoms with E-state index in [1.54, 1.807) is 6.07 Å². The number of nitrogens with one attached hydrogen (secondary N) is 2. The van der Waals surface area contributed by atoms with Gasteiger partial charge < -0.3 is 19.7 Å². The van der Waals surface area contributed by atoms with Crippen LogP contribution < -0.4 is 19.7 Å². The van der Waals surface area contributed by atoms with E-state index in [-0.39, 0.29) is 5.91 Å². The average Bonchev–Trinajstić information content (AvgIpc) is 2.65. The molecule has 0 saturated heterocycles. The van der Waals surface area contributed by atoms with E-state index in [4.69, 9.17) is 21.1 Å². The van der Waals surface area contributed by atoms with E-state index < -0.39 is 0 Å². The monoisotopic (exact) mass is 403 g/mol. The molecule has 2 aromatic carbocycles. The first kappa shape index (κ1) is 20.5. The lowest BCUT2D eigenvalue weighted by molar-refractivity contribution is -0.907. The second-order valence-corrected chi connectivity index (χ2v) is 7.48. The summed E-state index contributed by atoms with van der Waals surface area (Å²) in [7, 11) is 0. The predicted molar refractivity (Wildman–Crippen MR) is 112 cm³/mol. The summed E-state index contributed by atoms with van der Waals surface area (Å²) in [6.07, 6.45) is 0.917. The molecule has 0 fully saturated rings. The Labute approximate surface area is 171 Å². The third-order valence-corrected chi connectivity index (χ3v) is 5.17. The van der Waals surface area contributed by atoms with Crippen LogP contribution in [0.5, 0.6) is 11.5 Å². The minimum absolute atomic E-state index is 0.000199.